The normalized spacial score (nSPS) is 26.3. The molecule has 1 aromatic rings. The van der Waals surface area contributed by atoms with Gasteiger partial charge in [0, 0.05) is 32.2 Å². The summed E-state index contributed by atoms with van der Waals surface area (Å²) < 4.78 is 0. The van der Waals surface area contributed by atoms with E-state index in [9.17, 15) is 9.90 Å². The van der Waals surface area contributed by atoms with Crippen LogP contribution in [0.3, 0.4) is 0 Å². The summed E-state index contributed by atoms with van der Waals surface area (Å²) in [6, 6.07) is 5.58. The van der Waals surface area contributed by atoms with Gasteiger partial charge >= 0.3 is 0 Å². The topological polar surface area (TPSA) is 43.8 Å². The summed E-state index contributed by atoms with van der Waals surface area (Å²) in [5.41, 5.74) is 1.13. The zero-order valence-electron chi connectivity index (χ0n) is 15.5. The third kappa shape index (κ3) is 4.92. The van der Waals surface area contributed by atoms with Crippen molar-refractivity contribution in [3.05, 3.63) is 33.8 Å². The second kappa shape index (κ2) is 8.05. The molecule has 0 radical (unpaired) electrons. The Morgan fingerprint density at radius 1 is 1.27 bits per heavy atom. The quantitative estimate of drug-likeness (QED) is 0.841. The predicted molar refractivity (Wildman–Crippen MR) is 106 cm³/mol. The molecule has 0 spiro atoms. The number of nitrogens with zero attached hydrogens (tertiary/aromatic N) is 2. The first-order valence-electron chi connectivity index (χ1n) is 9.37. The highest BCUT2D eigenvalue weighted by atomic mass is 35.5. The van der Waals surface area contributed by atoms with E-state index in [4.69, 9.17) is 23.2 Å². The Balaban J connectivity index is 1.69. The Hall–Kier alpha value is -0.810. The second-order valence-electron chi connectivity index (χ2n) is 8.49. The van der Waals surface area contributed by atoms with Crippen molar-refractivity contribution >= 4 is 29.1 Å². The summed E-state index contributed by atoms with van der Waals surface area (Å²) in [7, 11) is 0. The first-order chi connectivity index (χ1) is 12.2. The molecule has 4 nitrogen and oxygen atoms in total. The van der Waals surface area contributed by atoms with Gasteiger partial charge in [0.15, 0.2) is 0 Å². The average Bonchev–Trinajstić information content (AvgIpc) is 2.95. The number of carbonyl (C=O) groups is 1. The predicted octanol–water partition coefficient (Wildman–Crippen LogP) is 3.62. The summed E-state index contributed by atoms with van der Waals surface area (Å²) >= 11 is 12.1. The lowest BCUT2D eigenvalue weighted by atomic mass is 9.78. The number of hydrogen-bond donors (Lipinski definition) is 1. The zero-order valence-corrected chi connectivity index (χ0v) is 17.1. The van der Waals surface area contributed by atoms with E-state index in [0.717, 1.165) is 44.5 Å². The molecule has 0 saturated carbocycles. The van der Waals surface area contributed by atoms with Crippen molar-refractivity contribution in [2.24, 2.45) is 5.41 Å². The molecule has 2 saturated heterocycles. The average molecular weight is 399 g/mol. The highest BCUT2D eigenvalue weighted by Crippen LogP contribution is 2.35. The van der Waals surface area contributed by atoms with E-state index in [-0.39, 0.29) is 23.5 Å². The van der Waals surface area contributed by atoms with E-state index in [1.54, 1.807) is 12.1 Å². The van der Waals surface area contributed by atoms with Crippen LogP contribution in [0.5, 0.6) is 0 Å². The van der Waals surface area contributed by atoms with E-state index in [2.05, 4.69) is 18.7 Å². The van der Waals surface area contributed by atoms with Gasteiger partial charge in [0.1, 0.15) is 0 Å². The lowest BCUT2D eigenvalue weighted by molar-refractivity contribution is -0.136. The van der Waals surface area contributed by atoms with E-state index < -0.39 is 0 Å². The van der Waals surface area contributed by atoms with Gasteiger partial charge in [0.25, 0.3) is 0 Å². The minimum Gasteiger partial charge on any atom is -0.392 e. The van der Waals surface area contributed by atoms with Gasteiger partial charge < -0.3 is 10.0 Å². The van der Waals surface area contributed by atoms with Crippen LogP contribution in [0.2, 0.25) is 10.0 Å². The molecule has 6 heteroatoms. The largest absolute Gasteiger partial charge is 0.392 e. The molecule has 2 aliphatic rings. The third-order valence-corrected chi connectivity index (χ3v) is 6.37. The summed E-state index contributed by atoms with van der Waals surface area (Å²) in [4.78, 5) is 17.3. The lowest BCUT2D eigenvalue weighted by Crippen LogP contribution is -2.53. The molecule has 0 aromatic heterocycles. The summed E-state index contributed by atoms with van der Waals surface area (Å²) in [6.45, 7) is 7.81. The lowest BCUT2D eigenvalue weighted by Gasteiger charge is -2.45. The molecule has 0 bridgehead atoms. The van der Waals surface area contributed by atoms with Crippen molar-refractivity contribution < 1.29 is 9.90 Å². The first-order valence-corrected chi connectivity index (χ1v) is 10.1. The van der Waals surface area contributed by atoms with Crippen molar-refractivity contribution in [3.63, 3.8) is 0 Å². The maximum atomic E-state index is 13.0. The van der Waals surface area contributed by atoms with Crippen LogP contribution in [-0.2, 0) is 11.2 Å². The fourth-order valence-corrected chi connectivity index (χ4v) is 4.47. The van der Waals surface area contributed by atoms with Crippen LogP contribution < -0.4 is 0 Å². The van der Waals surface area contributed by atoms with Gasteiger partial charge in [-0.05, 0) is 42.4 Å². The van der Waals surface area contributed by atoms with Gasteiger partial charge in [-0.2, -0.15) is 0 Å². The molecule has 3 rings (SSSR count). The Morgan fingerprint density at radius 2 is 2.04 bits per heavy atom. The van der Waals surface area contributed by atoms with Gasteiger partial charge in [0.2, 0.25) is 5.91 Å². The first kappa shape index (κ1) is 19.9. The van der Waals surface area contributed by atoms with Crippen molar-refractivity contribution in [1.82, 2.24) is 9.80 Å². The van der Waals surface area contributed by atoms with E-state index in [0.29, 0.717) is 23.0 Å². The molecule has 26 heavy (non-hydrogen) atoms. The van der Waals surface area contributed by atoms with E-state index >= 15 is 0 Å². The number of benzene rings is 1. The minimum atomic E-state index is -0.230. The Bertz CT molecular complexity index is 665. The SMILES string of the molecule is CC1(C)CCN(C(=O)Cc2ccc(Cl)c(Cl)c2)C(CN2CC[C@H](O)C2)C1. The molecule has 1 N–H and O–H groups in total. The van der Waals surface area contributed by atoms with Crippen LogP contribution in [0.25, 0.3) is 0 Å². The number of rotatable bonds is 4. The Morgan fingerprint density at radius 3 is 2.69 bits per heavy atom. The van der Waals surface area contributed by atoms with Crippen LogP contribution in [0.4, 0.5) is 0 Å². The molecular formula is C20H28Cl2N2O2. The molecule has 144 valence electrons. The number of piperidine rings is 1. The third-order valence-electron chi connectivity index (χ3n) is 5.63. The van der Waals surface area contributed by atoms with Gasteiger partial charge in [-0.3, -0.25) is 9.69 Å². The number of β-amino-alcohol motifs (C(OH)–C–C–N with tert-alkyl or cyclic N) is 1. The maximum absolute atomic E-state index is 13.0. The fourth-order valence-electron chi connectivity index (χ4n) is 4.15. The van der Waals surface area contributed by atoms with Crippen molar-refractivity contribution in [3.8, 4) is 0 Å². The van der Waals surface area contributed by atoms with Crippen LogP contribution in [-0.4, -0.2) is 59.1 Å². The molecule has 1 amide bonds. The molecule has 0 aliphatic carbocycles. The van der Waals surface area contributed by atoms with E-state index in [1.165, 1.54) is 0 Å². The van der Waals surface area contributed by atoms with Crippen molar-refractivity contribution in [1.29, 1.82) is 0 Å². The molecule has 1 unspecified atom stereocenters. The number of hydrogen-bond acceptors (Lipinski definition) is 3. The monoisotopic (exact) mass is 398 g/mol. The molecule has 1 aromatic carbocycles. The van der Waals surface area contributed by atoms with Gasteiger partial charge in [0.05, 0.1) is 22.6 Å². The molecule has 2 fully saturated rings. The number of amides is 1. The van der Waals surface area contributed by atoms with Crippen LogP contribution >= 0.6 is 23.2 Å². The van der Waals surface area contributed by atoms with Gasteiger partial charge in [-0.1, -0.05) is 43.1 Å². The molecule has 2 heterocycles. The Kier molecular flexibility index (Phi) is 6.18. The number of carbonyl (C=O) groups excluding carboxylic acids is 1. The standard InChI is InChI=1S/C20H28Cl2N2O2/c1-20(2)6-8-24(15(11-20)12-23-7-5-16(25)13-23)19(26)10-14-3-4-17(21)18(22)9-14/h3-4,9,15-16,25H,5-8,10-13H2,1-2H3/t15?,16-/m0/s1. The maximum Gasteiger partial charge on any atom is 0.227 e. The van der Waals surface area contributed by atoms with Crippen molar-refractivity contribution in [2.75, 3.05) is 26.2 Å². The summed E-state index contributed by atoms with van der Waals surface area (Å²) in [5, 5.41) is 10.8. The van der Waals surface area contributed by atoms with Crippen molar-refractivity contribution in [2.45, 2.75) is 51.7 Å². The van der Waals surface area contributed by atoms with Crippen LogP contribution in [0.1, 0.15) is 38.7 Å². The number of halogens is 2. The number of likely N-dealkylation sites (tertiary alicyclic amines) is 2. The van der Waals surface area contributed by atoms with Crippen LogP contribution in [0, 0.1) is 5.41 Å². The highest BCUT2D eigenvalue weighted by molar-refractivity contribution is 6.42. The van der Waals surface area contributed by atoms with Crippen LogP contribution in [0.15, 0.2) is 18.2 Å². The Labute approximate surface area is 166 Å². The second-order valence-corrected chi connectivity index (χ2v) is 9.30. The zero-order chi connectivity index (χ0) is 18.9. The molecule has 2 atom stereocenters. The fraction of sp³-hybridized carbons (Fsp3) is 0.650. The number of aliphatic hydroxyl groups excluding tert-OH is 1. The number of aliphatic hydroxyl groups is 1. The minimum absolute atomic E-state index is 0.142. The van der Waals surface area contributed by atoms with E-state index in [1.807, 2.05) is 11.0 Å². The summed E-state index contributed by atoms with van der Waals surface area (Å²) in [5.74, 6) is 0.142. The van der Waals surface area contributed by atoms with Gasteiger partial charge in [-0.15, -0.1) is 0 Å². The summed E-state index contributed by atoms with van der Waals surface area (Å²) in [6.07, 6.45) is 2.95. The molecule has 2 aliphatic heterocycles. The highest BCUT2D eigenvalue weighted by Gasteiger charge is 2.37. The molecular weight excluding hydrogens is 371 g/mol. The smallest absolute Gasteiger partial charge is 0.227 e. The van der Waals surface area contributed by atoms with Gasteiger partial charge in [-0.25, -0.2) is 0 Å².